The Morgan fingerprint density at radius 2 is 1.91 bits per heavy atom. The first kappa shape index (κ1) is 20.2. The van der Waals surface area contributed by atoms with Crippen LogP contribution in [0.25, 0.3) is 0 Å². The standard InChI is InChI=1S/C13H17ClF3NO4S/c1-21-7-8-22-6-2-5-18-23(19,20)12-4-3-10(14)9-11(12)13(15,16)17/h3-4,9,18H,2,5-8H2,1H3. The van der Waals surface area contributed by atoms with Crippen LogP contribution >= 0.6 is 11.6 Å². The summed E-state index contributed by atoms with van der Waals surface area (Å²) in [5.74, 6) is 0. The van der Waals surface area contributed by atoms with Crippen molar-refractivity contribution >= 4 is 21.6 Å². The van der Waals surface area contributed by atoms with Crippen molar-refractivity contribution in [2.45, 2.75) is 17.5 Å². The molecule has 0 saturated carbocycles. The summed E-state index contributed by atoms with van der Waals surface area (Å²) in [4.78, 5) is -0.852. The van der Waals surface area contributed by atoms with Crippen molar-refractivity contribution in [3.8, 4) is 0 Å². The number of methoxy groups -OCH3 is 1. The molecule has 0 aliphatic heterocycles. The van der Waals surface area contributed by atoms with Crippen LogP contribution in [0.5, 0.6) is 0 Å². The van der Waals surface area contributed by atoms with Gasteiger partial charge in [-0.25, -0.2) is 13.1 Å². The van der Waals surface area contributed by atoms with Gasteiger partial charge in [0.25, 0.3) is 0 Å². The fourth-order valence-electron chi connectivity index (χ4n) is 1.66. The molecule has 1 rings (SSSR count). The Morgan fingerprint density at radius 1 is 1.22 bits per heavy atom. The van der Waals surface area contributed by atoms with Crippen LogP contribution < -0.4 is 4.72 Å². The molecule has 10 heteroatoms. The Kier molecular flexibility index (Phi) is 7.75. The van der Waals surface area contributed by atoms with Crippen molar-refractivity contribution in [1.29, 1.82) is 0 Å². The van der Waals surface area contributed by atoms with E-state index in [-0.39, 0.29) is 18.2 Å². The lowest BCUT2D eigenvalue weighted by atomic mass is 10.2. The van der Waals surface area contributed by atoms with Crippen LogP contribution in [0, 0.1) is 0 Å². The fraction of sp³-hybridized carbons (Fsp3) is 0.538. The lowest BCUT2D eigenvalue weighted by Crippen LogP contribution is -2.28. The first-order chi connectivity index (χ1) is 10.7. The van der Waals surface area contributed by atoms with Gasteiger partial charge in [-0.1, -0.05) is 11.6 Å². The van der Waals surface area contributed by atoms with Gasteiger partial charge in [-0.15, -0.1) is 0 Å². The van der Waals surface area contributed by atoms with E-state index in [4.69, 9.17) is 21.1 Å². The van der Waals surface area contributed by atoms with Gasteiger partial charge >= 0.3 is 6.18 Å². The highest BCUT2D eigenvalue weighted by molar-refractivity contribution is 7.89. The molecule has 1 aromatic carbocycles. The van der Waals surface area contributed by atoms with Crippen LogP contribution in [0.15, 0.2) is 23.1 Å². The van der Waals surface area contributed by atoms with Gasteiger partial charge in [0.05, 0.1) is 23.7 Å². The molecule has 5 nitrogen and oxygen atoms in total. The third kappa shape index (κ3) is 6.64. The molecule has 0 aliphatic rings. The maximum atomic E-state index is 12.9. The summed E-state index contributed by atoms with van der Waals surface area (Å²) in [6.07, 6.45) is -4.50. The smallest absolute Gasteiger partial charge is 0.382 e. The Morgan fingerprint density at radius 3 is 2.52 bits per heavy atom. The zero-order valence-corrected chi connectivity index (χ0v) is 13.9. The normalized spacial score (nSPS) is 12.6. The lowest BCUT2D eigenvalue weighted by molar-refractivity contribution is -0.139. The third-order valence-electron chi connectivity index (χ3n) is 2.73. The minimum absolute atomic E-state index is 0.0464. The zero-order chi connectivity index (χ0) is 17.5. The van der Waals surface area contributed by atoms with Gasteiger partial charge in [-0.05, 0) is 24.6 Å². The number of alkyl halides is 3. The van der Waals surface area contributed by atoms with E-state index in [0.717, 1.165) is 12.1 Å². The average molecular weight is 376 g/mol. The van der Waals surface area contributed by atoms with Gasteiger partial charge < -0.3 is 9.47 Å². The summed E-state index contributed by atoms with van der Waals surface area (Å²) < 4.78 is 74.9. The summed E-state index contributed by atoms with van der Waals surface area (Å²) >= 11 is 5.52. The molecule has 0 heterocycles. The number of sulfonamides is 1. The van der Waals surface area contributed by atoms with Crippen LogP contribution in [0.4, 0.5) is 13.2 Å². The fourth-order valence-corrected chi connectivity index (χ4v) is 3.11. The molecule has 0 amide bonds. The first-order valence-electron chi connectivity index (χ1n) is 6.61. The van der Waals surface area contributed by atoms with Crippen molar-refractivity contribution in [3.63, 3.8) is 0 Å². The van der Waals surface area contributed by atoms with Crippen LogP contribution in [0.3, 0.4) is 0 Å². The van der Waals surface area contributed by atoms with Crippen molar-refractivity contribution in [1.82, 2.24) is 4.72 Å². The second kappa shape index (κ2) is 8.84. The minimum Gasteiger partial charge on any atom is -0.382 e. The second-order valence-corrected chi connectivity index (χ2v) is 6.67. The van der Waals surface area contributed by atoms with Crippen molar-refractivity contribution in [2.24, 2.45) is 0 Å². The zero-order valence-electron chi connectivity index (χ0n) is 12.3. The Hall–Kier alpha value is -0.870. The molecule has 23 heavy (non-hydrogen) atoms. The highest BCUT2D eigenvalue weighted by Gasteiger charge is 2.37. The molecule has 0 saturated heterocycles. The van der Waals surface area contributed by atoms with Crippen LogP contribution in [-0.2, 0) is 25.7 Å². The summed E-state index contributed by atoms with van der Waals surface area (Å²) in [7, 11) is -2.78. The third-order valence-corrected chi connectivity index (χ3v) is 4.48. The number of nitrogens with one attached hydrogen (secondary N) is 1. The Balaban J connectivity index is 2.70. The lowest BCUT2D eigenvalue weighted by Gasteiger charge is -2.14. The molecule has 0 unspecified atom stereocenters. The molecule has 0 bridgehead atoms. The van der Waals surface area contributed by atoms with Gasteiger partial charge in [0.2, 0.25) is 10.0 Å². The van der Waals surface area contributed by atoms with Gasteiger partial charge in [0.1, 0.15) is 0 Å². The second-order valence-electron chi connectivity index (χ2n) is 4.49. The molecule has 0 aromatic heterocycles. The quantitative estimate of drug-likeness (QED) is 0.674. The van der Waals surface area contributed by atoms with E-state index in [2.05, 4.69) is 4.72 Å². The summed E-state index contributed by atoms with van der Waals surface area (Å²) in [5.41, 5.74) is -1.30. The highest BCUT2D eigenvalue weighted by atomic mass is 35.5. The van der Waals surface area contributed by atoms with Gasteiger partial charge in [-0.3, -0.25) is 0 Å². The van der Waals surface area contributed by atoms with Crippen LogP contribution in [0.2, 0.25) is 5.02 Å². The summed E-state index contributed by atoms with van der Waals surface area (Å²) in [6.45, 7) is 0.984. The Bertz CT molecular complexity index is 608. The maximum Gasteiger partial charge on any atom is 0.417 e. The highest BCUT2D eigenvalue weighted by Crippen LogP contribution is 2.35. The van der Waals surface area contributed by atoms with E-state index >= 15 is 0 Å². The number of benzene rings is 1. The average Bonchev–Trinajstić information content (AvgIpc) is 2.45. The molecule has 132 valence electrons. The monoisotopic (exact) mass is 375 g/mol. The molecular weight excluding hydrogens is 359 g/mol. The maximum absolute atomic E-state index is 12.9. The predicted octanol–water partition coefficient (Wildman–Crippen LogP) is 2.69. The molecule has 0 spiro atoms. The van der Waals surface area contributed by atoms with E-state index in [1.165, 1.54) is 7.11 Å². The van der Waals surface area contributed by atoms with E-state index in [1.54, 1.807) is 0 Å². The van der Waals surface area contributed by atoms with Crippen molar-refractivity contribution in [2.75, 3.05) is 33.5 Å². The van der Waals surface area contributed by atoms with E-state index < -0.39 is 26.7 Å². The van der Waals surface area contributed by atoms with Crippen molar-refractivity contribution in [3.05, 3.63) is 28.8 Å². The summed E-state index contributed by atoms with van der Waals surface area (Å²) in [6, 6.07) is 2.52. The van der Waals surface area contributed by atoms with E-state index in [9.17, 15) is 21.6 Å². The van der Waals surface area contributed by atoms with Gasteiger partial charge in [0, 0.05) is 25.3 Å². The molecule has 0 radical (unpaired) electrons. The summed E-state index contributed by atoms with van der Waals surface area (Å²) in [5, 5.41) is -0.192. The minimum atomic E-state index is -4.82. The van der Waals surface area contributed by atoms with Gasteiger partial charge in [-0.2, -0.15) is 13.2 Å². The molecule has 0 fully saturated rings. The first-order valence-corrected chi connectivity index (χ1v) is 8.47. The van der Waals surface area contributed by atoms with Crippen molar-refractivity contribution < 1.29 is 31.1 Å². The Labute approximate surface area is 137 Å². The topological polar surface area (TPSA) is 64.6 Å². The number of ether oxygens (including phenoxy) is 2. The SMILES string of the molecule is COCCOCCCNS(=O)(=O)c1ccc(Cl)cc1C(F)(F)F. The molecule has 0 aliphatic carbocycles. The number of halogens is 4. The largest absolute Gasteiger partial charge is 0.417 e. The van der Waals surface area contributed by atoms with E-state index in [0.29, 0.717) is 25.7 Å². The van der Waals surface area contributed by atoms with Crippen LogP contribution in [0.1, 0.15) is 12.0 Å². The predicted molar refractivity (Wildman–Crippen MR) is 79.0 cm³/mol. The number of hydrogen-bond donors (Lipinski definition) is 1. The molecule has 1 aromatic rings. The van der Waals surface area contributed by atoms with Crippen LogP contribution in [-0.4, -0.2) is 41.9 Å². The van der Waals surface area contributed by atoms with Gasteiger partial charge in [0.15, 0.2) is 0 Å². The molecule has 1 N–H and O–H groups in total. The number of hydrogen-bond acceptors (Lipinski definition) is 4. The number of rotatable bonds is 9. The van der Waals surface area contributed by atoms with E-state index in [1.807, 2.05) is 0 Å². The molecule has 0 atom stereocenters. The molecular formula is C13H17ClF3NO4S.